The molecule has 3 nitrogen and oxygen atoms in total. The number of furan rings is 1. The Morgan fingerprint density at radius 2 is 2.26 bits per heavy atom. The molecule has 2 aromatic rings. The van der Waals surface area contributed by atoms with E-state index in [1.54, 1.807) is 12.1 Å². The number of carbonyl (C=O) groups excluding carboxylic acids is 1. The molecule has 1 aromatic carbocycles. The Balaban J connectivity index is 1.99. The van der Waals surface area contributed by atoms with Crippen molar-refractivity contribution >= 4 is 28.4 Å². The topological polar surface area (TPSA) is 42.2 Å². The van der Waals surface area contributed by atoms with Crippen molar-refractivity contribution in [3.05, 3.63) is 35.0 Å². The molecular weight excluding hydrogens is 262 g/mol. The molecule has 0 saturated carbocycles. The van der Waals surface area contributed by atoms with Gasteiger partial charge in [0.2, 0.25) is 5.78 Å². The van der Waals surface area contributed by atoms with E-state index in [1.165, 1.54) is 0 Å². The van der Waals surface area contributed by atoms with E-state index in [-0.39, 0.29) is 5.78 Å². The standard InChI is InChI=1S/C15H16ClNO2/c1-15(7-2-3-8-17-15)14(18)12-9-10-5-4-6-11(16)13(10)19-12/h4-6,9,17H,2-3,7-8H2,1H3. The van der Waals surface area contributed by atoms with Gasteiger partial charge in [0, 0.05) is 5.39 Å². The third-order valence-electron chi connectivity index (χ3n) is 3.84. The number of piperidine rings is 1. The number of carbonyl (C=O) groups is 1. The number of benzene rings is 1. The van der Waals surface area contributed by atoms with Crippen LogP contribution in [0.4, 0.5) is 0 Å². The summed E-state index contributed by atoms with van der Waals surface area (Å²) in [6.07, 6.45) is 3.03. The number of hydrogen-bond donors (Lipinski definition) is 1. The summed E-state index contributed by atoms with van der Waals surface area (Å²) >= 11 is 6.07. The van der Waals surface area contributed by atoms with Crippen LogP contribution in [-0.2, 0) is 0 Å². The largest absolute Gasteiger partial charge is 0.451 e. The van der Waals surface area contributed by atoms with Crippen LogP contribution in [-0.4, -0.2) is 17.9 Å². The van der Waals surface area contributed by atoms with Crippen LogP contribution in [0.1, 0.15) is 36.7 Å². The summed E-state index contributed by atoms with van der Waals surface area (Å²) in [7, 11) is 0. The maximum atomic E-state index is 12.6. The molecule has 1 aliphatic heterocycles. The van der Waals surface area contributed by atoms with Crippen molar-refractivity contribution in [1.29, 1.82) is 0 Å². The van der Waals surface area contributed by atoms with Crippen LogP contribution in [0, 0.1) is 0 Å². The van der Waals surface area contributed by atoms with Crippen LogP contribution in [0.25, 0.3) is 11.0 Å². The first-order chi connectivity index (χ1) is 9.10. The molecule has 1 aliphatic rings. The Morgan fingerprint density at radius 1 is 1.42 bits per heavy atom. The second-order valence-corrected chi connectivity index (χ2v) is 5.72. The van der Waals surface area contributed by atoms with Gasteiger partial charge in [-0.2, -0.15) is 0 Å². The van der Waals surface area contributed by atoms with Crippen molar-refractivity contribution < 1.29 is 9.21 Å². The number of Topliss-reactive ketones (excluding diaryl/α,β-unsaturated/α-hetero) is 1. The highest BCUT2D eigenvalue weighted by Gasteiger charge is 2.36. The molecule has 1 aromatic heterocycles. The summed E-state index contributed by atoms with van der Waals surface area (Å²) in [4.78, 5) is 12.6. The number of nitrogens with one attached hydrogen (secondary N) is 1. The van der Waals surface area contributed by atoms with Crippen LogP contribution < -0.4 is 5.32 Å². The lowest BCUT2D eigenvalue weighted by molar-refractivity contribution is 0.0807. The van der Waals surface area contributed by atoms with E-state index in [0.717, 1.165) is 31.2 Å². The van der Waals surface area contributed by atoms with Gasteiger partial charge in [-0.05, 0) is 44.9 Å². The summed E-state index contributed by atoms with van der Waals surface area (Å²) in [5.74, 6) is 0.402. The molecule has 2 heterocycles. The maximum absolute atomic E-state index is 12.6. The first kappa shape index (κ1) is 12.7. The lowest BCUT2D eigenvalue weighted by Gasteiger charge is -2.32. The highest BCUT2D eigenvalue weighted by molar-refractivity contribution is 6.34. The lowest BCUT2D eigenvalue weighted by Crippen LogP contribution is -2.52. The van der Waals surface area contributed by atoms with Gasteiger partial charge in [-0.1, -0.05) is 23.7 Å². The Bertz CT molecular complexity index is 626. The molecule has 0 amide bonds. The van der Waals surface area contributed by atoms with Gasteiger partial charge in [-0.3, -0.25) is 4.79 Å². The van der Waals surface area contributed by atoms with Crippen LogP contribution >= 0.6 is 11.6 Å². The van der Waals surface area contributed by atoms with Crippen molar-refractivity contribution in [3.8, 4) is 0 Å². The van der Waals surface area contributed by atoms with Crippen molar-refractivity contribution in [2.75, 3.05) is 6.54 Å². The molecule has 1 atom stereocenters. The fraction of sp³-hybridized carbons (Fsp3) is 0.400. The van der Waals surface area contributed by atoms with Crippen LogP contribution in [0.5, 0.6) is 0 Å². The van der Waals surface area contributed by atoms with Crippen molar-refractivity contribution in [3.63, 3.8) is 0 Å². The molecule has 4 heteroatoms. The number of halogens is 1. The molecule has 1 saturated heterocycles. The Kier molecular flexibility index (Phi) is 3.11. The van der Waals surface area contributed by atoms with Crippen molar-refractivity contribution in [2.24, 2.45) is 0 Å². The predicted molar refractivity (Wildman–Crippen MR) is 75.8 cm³/mol. The number of rotatable bonds is 2. The molecule has 1 fully saturated rings. The van der Waals surface area contributed by atoms with E-state index < -0.39 is 5.54 Å². The van der Waals surface area contributed by atoms with Gasteiger partial charge in [0.15, 0.2) is 11.3 Å². The van der Waals surface area contributed by atoms with E-state index in [4.69, 9.17) is 16.0 Å². The molecule has 100 valence electrons. The predicted octanol–water partition coefficient (Wildman–Crippen LogP) is 3.80. The third kappa shape index (κ3) is 2.17. The molecule has 19 heavy (non-hydrogen) atoms. The van der Waals surface area contributed by atoms with Crippen molar-refractivity contribution in [2.45, 2.75) is 31.7 Å². The molecule has 3 rings (SSSR count). The first-order valence-corrected chi connectivity index (χ1v) is 6.96. The van der Waals surface area contributed by atoms with E-state index in [9.17, 15) is 4.79 Å². The summed E-state index contributed by atoms with van der Waals surface area (Å²) < 4.78 is 5.66. The average molecular weight is 278 g/mol. The minimum absolute atomic E-state index is 0.0134. The zero-order chi connectivity index (χ0) is 13.5. The van der Waals surface area contributed by atoms with E-state index >= 15 is 0 Å². The van der Waals surface area contributed by atoms with E-state index in [2.05, 4.69) is 5.32 Å². The zero-order valence-electron chi connectivity index (χ0n) is 10.8. The van der Waals surface area contributed by atoms with Gasteiger partial charge in [0.1, 0.15) is 0 Å². The maximum Gasteiger partial charge on any atom is 0.217 e. The average Bonchev–Trinajstić information content (AvgIpc) is 2.84. The SMILES string of the molecule is CC1(C(=O)c2cc3cccc(Cl)c3o2)CCCCN1. The fourth-order valence-electron chi connectivity index (χ4n) is 2.66. The summed E-state index contributed by atoms with van der Waals surface area (Å²) in [6.45, 7) is 2.83. The van der Waals surface area contributed by atoms with Gasteiger partial charge in [0.05, 0.1) is 10.6 Å². The van der Waals surface area contributed by atoms with Gasteiger partial charge >= 0.3 is 0 Å². The highest BCUT2D eigenvalue weighted by atomic mass is 35.5. The quantitative estimate of drug-likeness (QED) is 0.849. The Hall–Kier alpha value is -1.32. The number of ketones is 1. The first-order valence-electron chi connectivity index (χ1n) is 6.58. The molecule has 1 unspecified atom stereocenters. The Morgan fingerprint density at radius 3 is 2.95 bits per heavy atom. The van der Waals surface area contributed by atoms with E-state index in [1.807, 2.05) is 19.1 Å². The fourth-order valence-corrected chi connectivity index (χ4v) is 2.88. The normalized spacial score (nSPS) is 23.7. The zero-order valence-corrected chi connectivity index (χ0v) is 11.6. The van der Waals surface area contributed by atoms with E-state index in [0.29, 0.717) is 16.4 Å². The number of para-hydroxylation sites is 1. The molecule has 0 bridgehead atoms. The van der Waals surface area contributed by atoms with Crippen LogP contribution in [0.3, 0.4) is 0 Å². The lowest BCUT2D eigenvalue weighted by atomic mass is 9.86. The van der Waals surface area contributed by atoms with Crippen molar-refractivity contribution in [1.82, 2.24) is 5.32 Å². The third-order valence-corrected chi connectivity index (χ3v) is 4.14. The second-order valence-electron chi connectivity index (χ2n) is 5.31. The summed E-state index contributed by atoms with van der Waals surface area (Å²) in [5, 5.41) is 4.72. The smallest absolute Gasteiger partial charge is 0.217 e. The van der Waals surface area contributed by atoms with Gasteiger partial charge in [0.25, 0.3) is 0 Å². The molecular formula is C15H16ClNO2. The summed E-state index contributed by atoms with van der Waals surface area (Å²) in [5.41, 5.74) is 0.0745. The molecule has 0 aliphatic carbocycles. The molecule has 0 radical (unpaired) electrons. The second kappa shape index (κ2) is 4.66. The highest BCUT2D eigenvalue weighted by Crippen LogP contribution is 2.30. The molecule has 0 spiro atoms. The van der Waals surface area contributed by atoms with Gasteiger partial charge in [-0.15, -0.1) is 0 Å². The van der Waals surface area contributed by atoms with Crippen LogP contribution in [0.2, 0.25) is 5.02 Å². The van der Waals surface area contributed by atoms with Crippen LogP contribution in [0.15, 0.2) is 28.7 Å². The summed E-state index contributed by atoms with van der Waals surface area (Å²) in [6, 6.07) is 7.31. The number of fused-ring (bicyclic) bond motifs is 1. The van der Waals surface area contributed by atoms with Gasteiger partial charge in [-0.25, -0.2) is 0 Å². The minimum Gasteiger partial charge on any atom is -0.451 e. The monoisotopic (exact) mass is 277 g/mol. The number of hydrogen-bond acceptors (Lipinski definition) is 3. The van der Waals surface area contributed by atoms with Gasteiger partial charge < -0.3 is 9.73 Å². The molecule has 1 N–H and O–H groups in total. The Labute approximate surface area is 116 Å². The minimum atomic E-state index is -0.515.